The van der Waals surface area contributed by atoms with E-state index in [9.17, 15) is 4.79 Å². The molecule has 0 aliphatic heterocycles. The molecule has 1 aromatic rings. The highest BCUT2D eigenvalue weighted by atomic mass is 16.1. The summed E-state index contributed by atoms with van der Waals surface area (Å²) in [5.41, 5.74) is 3.27. The molecule has 1 aromatic carbocycles. The molecule has 1 unspecified atom stereocenters. The van der Waals surface area contributed by atoms with Crippen LogP contribution in [0.5, 0.6) is 0 Å². The number of ketones is 1. The van der Waals surface area contributed by atoms with Crippen molar-refractivity contribution in [2.45, 2.75) is 77.8 Å². The lowest BCUT2D eigenvalue weighted by molar-refractivity contribution is 0.0941. The van der Waals surface area contributed by atoms with Gasteiger partial charge in [-0.05, 0) is 50.8 Å². The summed E-state index contributed by atoms with van der Waals surface area (Å²) in [5, 5.41) is 3.57. The third-order valence-electron chi connectivity index (χ3n) is 4.78. The lowest BCUT2D eigenvalue weighted by Crippen LogP contribution is -2.41. The minimum Gasteiger partial charge on any atom is -0.305 e. The Hall–Kier alpha value is -1.15. The first-order chi connectivity index (χ1) is 10.1. The number of carbonyl (C=O) groups is 1. The van der Waals surface area contributed by atoms with Gasteiger partial charge < -0.3 is 5.32 Å². The van der Waals surface area contributed by atoms with E-state index < -0.39 is 0 Å². The van der Waals surface area contributed by atoms with Crippen molar-refractivity contribution in [3.8, 4) is 0 Å². The monoisotopic (exact) mass is 287 g/mol. The maximum Gasteiger partial charge on any atom is 0.179 e. The smallest absolute Gasteiger partial charge is 0.179 e. The van der Waals surface area contributed by atoms with Crippen molar-refractivity contribution in [2.24, 2.45) is 0 Å². The number of hydrogen-bond acceptors (Lipinski definition) is 2. The molecular formula is C19H29NO. The van der Waals surface area contributed by atoms with Crippen LogP contribution in [0.25, 0.3) is 0 Å². The van der Waals surface area contributed by atoms with E-state index >= 15 is 0 Å². The van der Waals surface area contributed by atoms with Gasteiger partial charge in [-0.2, -0.15) is 0 Å². The number of aryl methyl sites for hydroxylation is 2. The standard InChI is InChI=1S/C19H29NO/c1-14-11-12-17(13-15(14)2)19(21)16(3)20-18-9-7-5-4-6-8-10-18/h11-13,16,18,20H,4-10H2,1-3H3. The highest BCUT2D eigenvalue weighted by Gasteiger charge is 2.20. The molecule has 0 amide bonds. The van der Waals surface area contributed by atoms with Gasteiger partial charge in [0.05, 0.1) is 6.04 Å². The SMILES string of the molecule is Cc1ccc(C(=O)C(C)NC2CCCCCCC2)cc1C. The van der Waals surface area contributed by atoms with Crippen LogP contribution in [0.1, 0.15) is 73.4 Å². The second-order valence-corrected chi connectivity index (χ2v) is 6.59. The summed E-state index contributed by atoms with van der Waals surface area (Å²) in [6, 6.07) is 6.45. The first-order valence-electron chi connectivity index (χ1n) is 8.45. The first-order valence-corrected chi connectivity index (χ1v) is 8.45. The van der Waals surface area contributed by atoms with Gasteiger partial charge in [-0.1, -0.05) is 44.2 Å². The molecule has 0 radical (unpaired) electrons. The van der Waals surface area contributed by atoms with Crippen molar-refractivity contribution in [2.75, 3.05) is 0 Å². The van der Waals surface area contributed by atoms with E-state index in [1.807, 2.05) is 25.1 Å². The highest BCUT2D eigenvalue weighted by Crippen LogP contribution is 2.18. The Balaban J connectivity index is 1.96. The van der Waals surface area contributed by atoms with E-state index in [0.29, 0.717) is 6.04 Å². The molecule has 116 valence electrons. The third-order valence-corrected chi connectivity index (χ3v) is 4.78. The fourth-order valence-corrected chi connectivity index (χ4v) is 3.20. The Morgan fingerprint density at radius 3 is 2.29 bits per heavy atom. The van der Waals surface area contributed by atoms with E-state index in [0.717, 1.165) is 5.56 Å². The van der Waals surface area contributed by atoms with E-state index in [1.165, 1.54) is 56.1 Å². The molecule has 1 atom stereocenters. The summed E-state index contributed by atoms with van der Waals surface area (Å²) in [6.45, 7) is 6.16. The van der Waals surface area contributed by atoms with Crippen molar-refractivity contribution in [1.82, 2.24) is 5.32 Å². The molecule has 0 saturated heterocycles. The van der Waals surface area contributed by atoms with Crippen LogP contribution in [0.2, 0.25) is 0 Å². The molecule has 1 fully saturated rings. The molecule has 21 heavy (non-hydrogen) atoms. The minimum atomic E-state index is -0.0865. The van der Waals surface area contributed by atoms with Gasteiger partial charge >= 0.3 is 0 Å². The molecule has 2 rings (SSSR count). The zero-order valence-corrected chi connectivity index (χ0v) is 13.7. The summed E-state index contributed by atoms with van der Waals surface area (Å²) >= 11 is 0. The average molecular weight is 287 g/mol. The van der Waals surface area contributed by atoms with Gasteiger partial charge in [0, 0.05) is 11.6 Å². The van der Waals surface area contributed by atoms with Gasteiger partial charge in [-0.25, -0.2) is 0 Å². The Kier molecular flexibility index (Phi) is 5.98. The predicted octanol–water partition coefficient (Wildman–Crippen LogP) is 4.58. The summed E-state index contributed by atoms with van der Waals surface area (Å²) < 4.78 is 0. The van der Waals surface area contributed by atoms with Crippen LogP contribution in [0.15, 0.2) is 18.2 Å². The topological polar surface area (TPSA) is 29.1 Å². The maximum atomic E-state index is 12.6. The number of benzene rings is 1. The lowest BCUT2D eigenvalue weighted by atomic mass is 9.95. The van der Waals surface area contributed by atoms with Crippen LogP contribution in [0.4, 0.5) is 0 Å². The fourth-order valence-electron chi connectivity index (χ4n) is 3.20. The van der Waals surface area contributed by atoms with Crippen molar-refractivity contribution >= 4 is 5.78 Å². The van der Waals surface area contributed by atoms with E-state index in [-0.39, 0.29) is 11.8 Å². The summed E-state index contributed by atoms with van der Waals surface area (Å²) in [6.07, 6.45) is 9.08. The second kappa shape index (κ2) is 7.74. The van der Waals surface area contributed by atoms with Crippen LogP contribution >= 0.6 is 0 Å². The summed E-state index contributed by atoms with van der Waals surface area (Å²) in [7, 11) is 0. The second-order valence-electron chi connectivity index (χ2n) is 6.59. The largest absolute Gasteiger partial charge is 0.305 e. The molecule has 0 heterocycles. The Morgan fingerprint density at radius 2 is 1.67 bits per heavy atom. The van der Waals surface area contributed by atoms with Crippen molar-refractivity contribution in [1.29, 1.82) is 0 Å². The molecule has 2 nitrogen and oxygen atoms in total. The van der Waals surface area contributed by atoms with Gasteiger partial charge in [-0.3, -0.25) is 4.79 Å². The van der Waals surface area contributed by atoms with Crippen molar-refractivity contribution in [3.63, 3.8) is 0 Å². The van der Waals surface area contributed by atoms with E-state index in [4.69, 9.17) is 0 Å². The summed E-state index contributed by atoms with van der Waals surface area (Å²) in [4.78, 5) is 12.6. The number of nitrogens with one attached hydrogen (secondary N) is 1. The molecule has 1 aliphatic carbocycles. The molecule has 2 heteroatoms. The predicted molar refractivity (Wildman–Crippen MR) is 89.0 cm³/mol. The number of rotatable bonds is 4. The molecule has 0 aromatic heterocycles. The molecular weight excluding hydrogens is 258 g/mol. The Bertz CT molecular complexity index is 472. The minimum absolute atomic E-state index is 0.0865. The van der Waals surface area contributed by atoms with Gasteiger partial charge in [0.15, 0.2) is 5.78 Å². The van der Waals surface area contributed by atoms with Crippen LogP contribution < -0.4 is 5.32 Å². The average Bonchev–Trinajstić information content (AvgIpc) is 2.43. The van der Waals surface area contributed by atoms with Crippen LogP contribution in [-0.2, 0) is 0 Å². The zero-order valence-electron chi connectivity index (χ0n) is 13.7. The zero-order chi connectivity index (χ0) is 15.2. The van der Waals surface area contributed by atoms with Gasteiger partial charge in [0.2, 0.25) is 0 Å². The van der Waals surface area contributed by atoms with Gasteiger partial charge in [0.1, 0.15) is 0 Å². The van der Waals surface area contributed by atoms with Gasteiger partial charge in [-0.15, -0.1) is 0 Å². The fraction of sp³-hybridized carbons (Fsp3) is 0.632. The Morgan fingerprint density at radius 1 is 1.05 bits per heavy atom. The molecule has 0 spiro atoms. The first kappa shape index (κ1) is 16.2. The number of carbonyl (C=O) groups excluding carboxylic acids is 1. The Labute approximate surface area is 129 Å². The molecule has 1 aliphatic rings. The molecule has 1 saturated carbocycles. The quantitative estimate of drug-likeness (QED) is 0.821. The summed E-state index contributed by atoms with van der Waals surface area (Å²) in [5.74, 6) is 0.222. The maximum absolute atomic E-state index is 12.6. The van der Waals surface area contributed by atoms with E-state index in [1.54, 1.807) is 0 Å². The van der Waals surface area contributed by atoms with Crippen molar-refractivity contribution in [3.05, 3.63) is 34.9 Å². The van der Waals surface area contributed by atoms with Crippen LogP contribution in [-0.4, -0.2) is 17.9 Å². The highest BCUT2D eigenvalue weighted by molar-refractivity contribution is 6.00. The number of hydrogen-bond donors (Lipinski definition) is 1. The number of Topliss-reactive ketones (excluding diaryl/α,β-unsaturated/α-hetero) is 1. The lowest BCUT2D eigenvalue weighted by Gasteiger charge is -2.24. The molecule has 1 N–H and O–H groups in total. The van der Waals surface area contributed by atoms with Gasteiger partial charge in [0.25, 0.3) is 0 Å². The normalized spacial score (nSPS) is 18.8. The van der Waals surface area contributed by atoms with Crippen LogP contribution in [0.3, 0.4) is 0 Å². The van der Waals surface area contributed by atoms with Crippen LogP contribution in [0, 0.1) is 13.8 Å². The molecule has 0 bridgehead atoms. The van der Waals surface area contributed by atoms with E-state index in [2.05, 4.69) is 19.2 Å². The third kappa shape index (κ3) is 4.67. The van der Waals surface area contributed by atoms with Crippen molar-refractivity contribution < 1.29 is 4.79 Å².